The number of rotatable bonds is 4. The van der Waals surface area contributed by atoms with Crippen molar-refractivity contribution in [3.05, 3.63) is 76.1 Å². The van der Waals surface area contributed by atoms with Crippen molar-refractivity contribution in [2.45, 2.75) is 6.54 Å². The molecule has 1 aromatic heterocycles. The summed E-state index contributed by atoms with van der Waals surface area (Å²) in [6, 6.07) is 11.8. The molecule has 0 fully saturated rings. The number of thiazole rings is 1. The first-order chi connectivity index (χ1) is 12.5. The summed E-state index contributed by atoms with van der Waals surface area (Å²) in [6.45, 7) is 4.24. The van der Waals surface area contributed by atoms with E-state index in [4.69, 9.17) is 11.6 Å². The summed E-state index contributed by atoms with van der Waals surface area (Å²) in [5.74, 6) is -0.856. The van der Waals surface area contributed by atoms with E-state index in [1.165, 1.54) is 30.6 Å². The molecule has 5 nitrogen and oxygen atoms in total. The van der Waals surface area contributed by atoms with Crippen LogP contribution in [0, 0.1) is 0 Å². The monoisotopic (exact) mass is 386 g/mol. The van der Waals surface area contributed by atoms with E-state index in [0.29, 0.717) is 27.5 Å². The Morgan fingerprint density at radius 1 is 1.23 bits per heavy atom. The van der Waals surface area contributed by atoms with Crippen LogP contribution in [0.15, 0.2) is 60.1 Å². The Morgan fingerprint density at radius 2 is 1.92 bits per heavy atom. The third-order valence-electron chi connectivity index (χ3n) is 3.71. The zero-order valence-corrected chi connectivity index (χ0v) is 15.5. The Hall–Kier alpha value is -2.70. The quantitative estimate of drug-likeness (QED) is 0.501. The highest BCUT2D eigenvalue weighted by Crippen LogP contribution is 2.25. The topological polar surface area (TPSA) is 60.7 Å². The molecule has 0 saturated carbocycles. The maximum absolute atomic E-state index is 12.5. The standard InChI is InChI=1S/C19H15ClN2O3S/c1-3-11-22-16-14(20)5-4-6-15(16)26-19(22)21-17(23)12-7-9-13(10-8-12)18(24)25-2/h3-10H,1,11H2,2H3. The number of hydrogen-bond acceptors (Lipinski definition) is 4. The van der Waals surface area contributed by atoms with Crippen LogP contribution in [0.4, 0.5) is 0 Å². The van der Waals surface area contributed by atoms with E-state index in [-0.39, 0.29) is 0 Å². The molecule has 26 heavy (non-hydrogen) atoms. The van der Waals surface area contributed by atoms with E-state index >= 15 is 0 Å². The molecule has 3 rings (SSSR count). The molecular weight excluding hydrogens is 372 g/mol. The minimum absolute atomic E-state index is 0.374. The van der Waals surface area contributed by atoms with Gasteiger partial charge in [-0.25, -0.2) is 4.79 Å². The number of nitrogens with zero attached hydrogens (tertiary/aromatic N) is 2. The van der Waals surface area contributed by atoms with Gasteiger partial charge in [-0.1, -0.05) is 35.1 Å². The number of amides is 1. The van der Waals surface area contributed by atoms with Crippen molar-refractivity contribution in [2.75, 3.05) is 7.11 Å². The molecule has 0 radical (unpaired) electrons. The van der Waals surface area contributed by atoms with Crippen molar-refractivity contribution in [2.24, 2.45) is 4.99 Å². The molecule has 0 atom stereocenters. The van der Waals surface area contributed by atoms with Gasteiger partial charge in [0.2, 0.25) is 0 Å². The number of halogens is 1. The van der Waals surface area contributed by atoms with Crippen LogP contribution in [-0.4, -0.2) is 23.6 Å². The number of hydrogen-bond donors (Lipinski definition) is 0. The highest BCUT2D eigenvalue weighted by molar-refractivity contribution is 7.16. The van der Waals surface area contributed by atoms with Crippen LogP contribution in [0.3, 0.4) is 0 Å². The fraction of sp³-hybridized carbons (Fsp3) is 0.105. The highest BCUT2D eigenvalue weighted by atomic mass is 35.5. The molecule has 1 amide bonds. The van der Waals surface area contributed by atoms with Crippen molar-refractivity contribution in [1.82, 2.24) is 4.57 Å². The number of esters is 1. The first-order valence-electron chi connectivity index (χ1n) is 7.71. The van der Waals surface area contributed by atoms with E-state index in [1.807, 2.05) is 16.7 Å². The van der Waals surface area contributed by atoms with Gasteiger partial charge in [-0.3, -0.25) is 4.79 Å². The van der Waals surface area contributed by atoms with E-state index in [2.05, 4.69) is 16.3 Å². The first kappa shape index (κ1) is 18.1. The molecule has 7 heteroatoms. The Labute approximate surface area is 158 Å². The smallest absolute Gasteiger partial charge is 0.337 e. The second-order valence-electron chi connectivity index (χ2n) is 5.36. The lowest BCUT2D eigenvalue weighted by Gasteiger charge is -2.03. The van der Waals surface area contributed by atoms with E-state index < -0.39 is 11.9 Å². The molecule has 0 bridgehead atoms. The summed E-state index contributed by atoms with van der Waals surface area (Å²) >= 11 is 7.69. The molecule has 1 heterocycles. The molecule has 0 N–H and O–H groups in total. The summed E-state index contributed by atoms with van der Waals surface area (Å²) in [4.78, 5) is 28.8. The minimum Gasteiger partial charge on any atom is -0.465 e. The summed E-state index contributed by atoms with van der Waals surface area (Å²) in [5.41, 5.74) is 1.58. The van der Waals surface area contributed by atoms with Gasteiger partial charge >= 0.3 is 5.97 Å². The lowest BCUT2D eigenvalue weighted by atomic mass is 10.1. The highest BCUT2D eigenvalue weighted by Gasteiger charge is 2.12. The van der Waals surface area contributed by atoms with Gasteiger partial charge in [0.15, 0.2) is 4.80 Å². The summed E-state index contributed by atoms with van der Waals surface area (Å²) in [6.07, 6.45) is 1.73. The van der Waals surface area contributed by atoms with Crippen molar-refractivity contribution in [1.29, 1.82) is 0 Å². The van der Waals surface area contributed by atoms with Gasteiger partial charge in [-0.15, -0.1) is 6.58 Å². The number of allylic oxidation sites excluding steroid dienone is 1. The van der Waals surface area contributed by atoms with Crippen LogP contribution >= 0.6 is 22.9 Å². The lowest BCUT2D eigenvalue weighted by molar-refractivity contribution is 0.0600. The second kappa shape index (κ2) is 7.68. The van der Waals surface area contributed by atoms with Crippen LogP contribution < -0.4 is 4.80 Å². The molecule has 0 unspecified atom stereocenters. The van der Waals surface area contributed by atoms with Gasteiger partial charge in [-0.05, 0) is 36.4 Å². The van der Waals surface area contributed by atoms with Gasteiger partial charge in [0.25, 0.3) is 5.91 Å². The minimum atomic E-state index is -0.455. The number of carbonyl (C=O) groups excluding carboxylic acids is 2. The predicted molar refractivity (Wildman–Crippen MR) is 103 cm³/mol. The summed E-state index contributed by atoms with van der Waals surface area (Å²) < 4.78 is 7.44. The average Bonchev–Trinajstić information content (AvgIpc) is 3.00. The van der Waals surface area contributed by atoms with Gasteiger partial charge in [-0.2, -0.15) is 4.99 Å². The maximum atomic E-state index is 12.5. The van der Waals surface area contributed by atoms with Crippen LogP contribution in [-0.2, 0) is 11.3 Å². The first-order valence-corrected chi connectivity index (χ1v) is 8.90. The van der Waals surface area contributed by atoms with Crippen LogP contribution in [0.1, 0.15) is 20.7 Å². The number of ether oxygens (including phenoxy) is 1. The fourth-order valence-electron chi connectivity index (χ4n) is 2.49. The van der Waals surface area contributed by atoms with Crippen molar-refractivity contribution in [3.8, 4) is 0 Å². The fourth-order valence-corrected chi connectivity index (χ4v) is 3.89. The SMILES string of the molecule is C=CCn1c(=NC(=O)c2ccc(C(=O)OC)cc2)sc2cccc(Cl)c21. The molecule has 3 aromatic rings. The molecule has 0 aliphatic rings. The number of para-hydroxylation sites is 1. The molecule has 0 spiro atoms. The number of aromatic nitrogens is 1. The van der Waals surface area contributed by atoms with Crippen LogP contribution in [0.5, 0.6) is 0 Å². The van der Waals surface area contributed by atoms with Crippen molar-refractivity contribution in [3.63, 3.8) is 0 Å². The average molecular weight is 387 g/mol. The maximum Gasteiger partial charge on any atom is 0.337 e. The molecule has 0 aliphatic carbocycles. The van der Waals surface area contributed by atoms with Crippen LogP contribution in [0.25, 0.3) is 10.2 Å². The summed E-state index contributed by atoms with van der Waals surface area (Å²) in [5, 5.41) is 0.594. The van der Waals surface area contributed by atoms with Crippen LogP contribution in [0.2, 0.25) is 5.02 Å². The second-order valence-corrected chi connectivity index (χ2v) is 6.77. The molecule has 2 aromatic carbocycles. The Kier molecular flexibility index (Phi) is 5.35. The van der Waals surface area contributed by atoms with Gasteiger partial charge in [0.05, 0.1) is 27.9 Å². The number of methoxy groups -OCH3 is 1. The van der Waals surface area contributed by atoms with Crippen molar-refractivity contribution >= 4 is 45.0 Å². The predicted octanol–water partition coefficient (Wildman–Crippen LogP) is 4.07. The molecule has 0 aliphatic heterocycles. The Balaban J connectivity index is 2.05. The molecule has 132 valence electrons. The summed E-state index contributed by atoms with van der Waals surface area (Å²) in [7, 11) is 1.31. The van der Waals surface area contributed by atoms with E-state index in [1.54, 1.807) is 24.3 Å². The number of fused-ring (bicyclic) bond motifs is 1. The number of carbonyl (C=O) groups is 2. The Bertz CT molecular complexity index is 1060. The van der Waals surface area contributed by atoms with Gasteiger partial charge in [0, 0.05) is 12.1 Å². The number of benzene rings is 2. The molecule has 0 saturated heterocycles. The zero-order chi connectivity index (χ0) is 18.7. The molecular formula is C19H15ClN2O3S. The Morgan fingerprint density at radius 3 is 2.58 bits per heavy atom. The van der Waals surface area contributed by atoms with E-state index in [0.717, 1.165) is 10.2 Å². The van der Waals surface area contributed by atoms with E-state index in [9.17, 15) is 9.59 Å². The van der Waals surface area contributed by atoms with Gasteiger partial charge < -0.3 is 9.30 Å². The zero-order valence-electron chi connectivity index (χ0n) is 13.9. The third kappa shape index (κ3) is 3.47. The third-order valence-corrected chi connectivity index (χ3v) is 5.06. The largest absolute Gasteiger partial charge is 0.465 e. The van der Waals surface area contributed by atoms with Gasteiger partial charge in [0.1, 0.15) is 0 Å². The lowest BCUT2D eigenvalue weighted by Crippen LogP contribution is -2.16. The van der Waals surface area contributed by atoms with Crippen molar-refractivity contribution < 1.29 is 14.3 Å². The normalized spacial score (nSPS) is 11.5.